The molecule has 1 aliphatic heterocycles. The van der Waals surface area contributed by atoms with Crippen molar-refractivity contribution < 1.29 is 4.74 Å². The van der Waals surface area contributed by atoms with E-state index in [1.54, 1.807) is 7.11 Å². The molecule has 0 atom stereocenters. The van der Waals surface area contributed by atoms with Crippen molar-refractivity contribution >= 4 is 67.9 Å². The number of rotatable bonds is 3. The minimum Gasteiger partial charge on any atom is -0.495 e. The first-order chi connectivity index (χ1) is 13.0. The van der Waals surface area contributed by atoms with Gasteiger partial charge in [-0.25, -0.2) is 4.99 Å². The number of hydrogen-bond acceptors (Lipinski definition) is 2. The summed E-state index contributed by atoms with van der Waals surface area (Å²) in [6.07, 6.45) is 4.92. The number of hydrogen-bond donors (Lipinski definition) is 2. The lowest BCUT2D eigenvalue weighted by atomic mass is 10.1. The zero-order valence-corrected chi connectivity index (χ0v) is 19.6. The maximum absolute atomic E-state index is 5.58. The quantitative estimate of drug-likeness (QED) is 0.361. The SMILES string of the molecule is COC1=CCC(c2[nH]c3ccccc3c2I)=N/C1=C\c1[nH]c(C)c(I)c1C. The van der Waals surface area contributed by atoms with Gasteiger partial charge in [-0.05, 0) is 82.8 Å². The number of H-pyrrole nitrogens is 2. The Hall–Kier alpha value is -1.55. The Morgan fingerprint density at radius 3 is 2.56 bits per heavy atom. The van der Waals surface area contributed by atoms with Gasteiger partial charge in [0.2, 0.25) is 0 Å². The highest BCUT2D eigenvalue weighted by Gasteiger charge is 2.20. The lowest BCUT2D eigenvalue weighted by Gasteiger charge is -2.15. The van der Waals surface area contributed by atoms with Crippen LogP contribution in [0.2, 0.25) is 0 Å². The predicted octanol–water partition coefficient (Wildman–Crippen LogP) is 6.09. The van der Waals surface area contributed by atoms with E-state index < -0.39 is 0 Å². The summed E-state index contributed by atoms with van der Waals surface area (Å²) in [6.45, 7) is 4.22. The van der Waals surface area contributed by atoms with Crippen molar-refractivity contribution in [2.75, 3.05) is 7.11 Å². The van der Waals surface area contributed by atoms with Crippen LogP contribution in [0.3, 0.4) is 0 Å². The lowest BCUT2D eigenvalue weighted by molar-refractivity contribution is 0.298. The van der Waals surface area contributed by atoms with E-state index in [2.05, 4.69) is 99.3 Å². The van der Waals surface area contributed by atoms with Gasteiger partial charge < -0.3 is 14.7 Å². The number of benzene rings is 1. The topological polar surface area (TPSA) is 53.2 Å². The molecule has 0 spiro atoms. The Morgan fingerprint density at radius 1 is 1.11 bits per heavy atom. The van der Waals surface area contributed by atoms with Crippen LogP contribution in [0.4, 0.5) is 0 Å². The number of fused-ring (bicyclic) bond motifs is 1. The third-order valence-corrected chi connectivity index (χ3v) is 7.54. The van der Waals surface area contributed by atoms with Crippen LogP contribution in [-0.4, -0.2) is 22.8 Å². The van der Waals surface area contributed by atoms with Crippen LogP contribution in [-0.2, 0) is 4.74 Å². The number of dihydropyridines is 1. The number of halogens is 2. The van der Waals surface area contributed by atoms with Gasteiger partial charge in [0.15, 0.2) is 0 Å². The number of aryl methyl sites for hydroxylation is 1. The molecule has 4 rings (SSSR count). The summed E-state index contributed by atoms with van der Waals surface area (Å²) in [5, 5.41) is 1.23. The monoisotopic (exact) mass is 583 g/mol. The Labute approximate surface area is 185 Å². The standard InChI is InChI=1S/C21H19I2N3O/c1-11-16(24-12(2)19(11)22)10-17-18(27-3)9-8-15(25-17)21-20(23)13-6-4-5-7-14(13)26-21/h4-7,9-10,24,26H,8H2,1-3H3/b17-10-. The Balaban J connectivity index is 1.82. The van der Waals surface area contributed by atoms with Crippen LogP contribution in [0, 0.1) is 21.0 Å². The van der Waals surface area contributed by atoms with Gasteiger partial charge in [-0.1, -0.05) is 18.2 Å². The summed E-state index contributed by atoms with van der Waals surface area (Å²) in [6, 6.07) is 8.36. The third-order valence-electron chi connectivity index (χ3n) is 4.81. The second-order valence-electron chi connectivity index (χ2n) is 6.53. The van der Waals surface area contributed by atoms with Gasteiger partial charge in [0.05, 0.1) is 18.5 Å². The first-order valence-electron chi connectivity index (χ1n) is 8.64. The number of para-hydroxylation sites is 1. The molecule has 3 aromatic rings. The fourth-order valence-corrected chi connectivity index (χ4v) is 4.67. The summed E-state index contributed by atoms with van der Waals surface area (Å²) >= 11 is 4.78. The summed E-state index contributed by atoms with van der Waals surface area (Å²) in [5.74, 6) is 0.812. The Kier molecular flexibility index (Phi) is 5.19. The second-order valence-corrected chi connectivity index (χ2v) is 8.68. The number of ether oxygens (including phenoxy) is 1. The minimum absolute atomic E-state index is 0.740. The molecule has 4 nitrogen and oxygen atoms in total. The summed E-state index contributed by atoms with van der Waals surface area (Å²) in [7, 11) is 1.70. The van der Waals surface area contributed by atoms with Crippen molar-refractivity contribution in [1.29, 1.82) is 0 Å². The molecule has 6 heteroatoms. The van der Waals surface area contributed by atoms with E-state index in [4.69, 9.17) is 9.73 Å². The molecule has 2 N–H and O–H groups in total. The lowest BCUT2D eigenvalue weighted by Crippen LogP contribution is -2.09. The molecule has 0 saturated heterocycles. The van der Waals surface area contributed by atoms with Crippen LogP contribution in [0.5, 0.6) is 0 Å². The number of aromatic amines is 2. The van der Waals surface area contributed by atoms with E-state index in [1.807, 2.05) is 6.07 Å². The fourth-order valence-electron chi connectivity index (χ4n) is 3.33. The van der Waals surface area contributed by atoms with Gasteiger partial charge in [0.1, 0.15) is 11.5 Å². The number of nitrogens with one attached hydrogen (secondary N) is 2. The molecule has 0 saturated carbocycles. The molecule has 2 aromatic heterocycles. The molecule has 0 aliphatic carbocycles. The normalized spacial score (nSPS) is 16.0. The average Bonchev–Trinajstić information content (AvgIpc) is 3.14. The van der Waals surface area contributed by atoms with Crippen molar-refractivity contribution in [3.63, 3.8) is 0 Å². The largest absolute Gasteiger partial charge is 0.495 e. The Morgan fingerprint density at radius 2 is 1.89 bits per heavy atom. The highest BCUT2D eigenvalue weighted by atomic mass is 127. The Bertz CT molecular complexity index is 1130. The van der Waals surface area contributed by atoms with E-state index >= 15 is 0 Å². The van der Waals surface area contributed by atoms with Gasteiger partial charge >= 0.3 is 0 Å². The molecule has 0 fully saturated rings. The van der Waals surface area contributed by atoms with Gasteiger partial charge in [0, 0.05) is 35.9 Å². The summed E-state index contributed by atoms with van der Waals surface area (Å²) < 4.78 is 8.05. The van der Waals surface area contributed by atoms with Gasteiger partial charge in [-0.3, -0.25) is 0 Å². The third kappa shape index (κ3) is 3.37. The number of aliphatic imine (C=N–C) groups is 1. The highest BCUT2D eigenvalue weighted by molar-refractivity contribution is 14.1. The van der Waals surface area contributed by atoms with Gasteiger partial charge in [0.25, 0.3) is 0 Å². The maximum atomic E-state index is 5.58. The molecule has 138 valence electrons. The molecule has 0 bridgehead atoms. The van der Waals surface area contributed by atoms with Crippen molar-refractivity contribution in [2.45, 2.75) is 20.3 Å². The van der Waals surface area contributed by atoms with Crippen LogP contribution < -0.4 is 0 Å². The zero-order chi connectivity index (χ0) is 19.1. The summed E-state index contributed by atoms with van der Waals surface area (Å²) in [4.78, 5) is 11.9. The highest BCUT2D eigenvalue weighted by Crippen LogP contribution is 2.30. The number of aromatic nitrogens is 2. The van der Waals surface area contributed by atoms with E-state index in [-0.39, 0.29) is 0 Å². The first kappa shape index (κ1) is 18.8. The van der Waals surface area contributed by atoms with Crippen LogP contribution in [0.1, 0.15) is 29.1 Å². The summed E-state index contributed by atoms with van der Waals surface area (Å²) in [5.41, 5.74) is 7.57. The maximum Gasteiger partial charge on any atom is 0.140 e. The number of nitrogens with zero attached hydrogens (tertiary/aromatic N) is 1. The molecule has 1 aromatic carbocycles. The molecule has 3 heterocycles. The molecule has 0 unspecified atom stereocenters. The van der Waals surface area contributed by atoms with E-state index in [1.165, 1.54) is 23.8 Å². The number of methoxy groups -OCH3 is 1. The average molecular weight is 583 g/mol. The van der Waals surface area contributed by atoms with Crippen LogP contribution >= 0.6 is 45.2 Å². The van der Waals surface area contributed by atoms with Crippen molar-refractivity contribution in [1.82, 2.24) is 9.97 Å². The van der Waals surface area contributed by atoms with Crippen molar-refractivity contribution in [3.05, 3.63) is 71.6 Å². The minimum atomic E-state index is 0.740. The molecule has 1 aliphatic rings. The first-order valence-corrected chi connectivity index (χ1v) is 10.8. The zero-order valence-electron chi connectivity index (χ0n) is 15.3. The smallest absolute Gasteiger partial charge is 0.140 e. The van der Waals surface area contributed by atoms with E-state index in [0.29, 0.717) is 0 Å². The molecule has 0 amide bonds. The molecular formula is C21H19I2N3O. The molecular weight excluding hydrogens is 564 g/mol. The van der Waals surface area contributed by atoms with Gasteiger partial charge in [-0.2, -0.15) is 0 Å². The molecule has 0 radical (unpaired) electrons. The van der Waals surface area contributed by atoms with Crippen LogP contribution in [0.25, 0.3) is 17.0 Å². The van der Waals surface area contributed by atoms with E-state index in [9.17, 15) is 0 Å². The predicted molar refractivity (Wildman–Crippen MR) is 128 cm³/mol. The van der Waals surface area contributed by atoms with Crippen LogP contribution in [0.15, 0.2) is 46.8 Å². The molecule has 27 heavy (non-hydrogen) atoms. The second kappa shape index (κ2) is 7.46. The van der Waals surface area contributed by atoms with Gasteiger partial charge in [-0.15, -0.1) is 0 Å². The van der Waals surface area contributed by atoms with E-state index in [0.717, 1.165) is 40.5 Å². The van der Waals surface area contributed by atoms with Crippen molar-refractivity contribution in [2.24, 2.45) is 4.99 Å². The number of allylic oxidation sites excluding steroid dienone is 1. The van der Waals surface area contributed by atoms with Crippen molar-refractivity contribution in [3.8, 4) is 0 Å². The fraction of sp³-hybridized carbons (Fsp3) is 0.190.